The Hall–Kier alpha value is -1.82. The maximum Gasteiger partial charge on any atom is 0.253 e. The Bertz CT molecular complexity index is 580. The summed E-state index contributed by atoms with van der Waals surface area (Å²) in [5.41, 5.74) is 5.32. The molecule has 2 rings (SSSR count). The molecular formula is C14H17ClFN3O2. The molecule has 0 spiro atoms. The van der Waals surface area contributed by atoms with E-state index in [1.807, 2.05) is 0 Å². The van der Waals surface area contributed by atoms with Crippen molar-refractivity contribution < 1.29 is 14.0 Å². The number of nitrogens with zero attached hydrogens (tertiary/aromatic N) is 1. The van der Waals surface area contributed by atoms with Crippen molar-refractivity contribution in [1.82, 2.24) is 10.2 Å². The zero-order chi connectivity index (χ0) is 15.6. The van der Waals surface area contributed by atoms with Gasteiger partial charge >= 0.3 is 0 Å². The van der Waals surface area contributed by atoms with Crippen LogP contribution in [0.2, 0.25) is 5.02 Å². The highest BCUT2D eigenvalue weighted by Crippen LogP contribution is 2.22. The van der Waals surface area contributed by atoms with Crippen LogP contribution in [0.3, 0.4) is 0 Å². The summed E-state index contributed by atoms with van der Waals surface area (Å²) in [6.45, 7) is 2.90. The monoisotopic (exact) mass is 313 g/mol. The average molecular weight is 314 g/mol. The highest BCUT2D eigenvalue weighted by molar-refractivity contribution is 6.31. The van der Waals surface area contributed by atoms with Crippen molar-refractivity contribution in [3.8, 4) is 0 Å². The molecule has 1 aromatic rings. The molecule has 1 heterocycles. The van der Waals surface area contributed by atoms with Gasteiger partial charge in [-0.25, -0.2) is 4.39 Å². The van der Waals surface area contributed by atoms with E-state index in [0.29, 0.717) is 19.5 Å². The highest BCUT2D eigenvalue weighted by Gasteiger charge is 2.23. The molecule has 2 amide bonds. The number of nitrogens with two attached hydrogens (primary N) is 1. The van der Waals surface area contributed by atoms with Gasteiger partial charge in [-0.2, -0.15) is 0 Å². The van der Waals surface area contributed by atoms with Gasteiger partial charge in [0.05, 0.1) is 11.3 Å². The van der Waals surface area contributed by atoms with Crippen molar-refractivity contribution in [1.29, 1.82) is 0 Å². The van der Waals surface area contributed by atoms with E-state index < -0.39 is 11.7 Å². The molecule has 0 saturated carbocycles. The Balaban J connectivity index is 2.02. The molecule has 1 aliphatic heterocycles. The van der Waals surface area contributed by atoms with Crippen molar-refractivity contribution in [2.24, 2.45) is 0 Å². The summed E-state index contributed by atoms with van der Waals surface area (Å²) in [5, 5.41) is 2.81. The van der Waals surface area contributed by atoms with Gasteiger partial charge in [0.25, 0.3) is 5.91 Å². The van der Waals surface area contributed by atoms with E-state index in [-0.39, 0.29) is 28.2 Å². The third-order valence-corrected chi connectivity index (χ3v) is 3.60. The number of hydrogen-bond donors (Lipinski definition) is 2. The van der Waals surface area contributed by atoms with Crippen molar-refractivity contribution >= 4 is 29.1 Å². The van der Waals surface area contributed by atoms with Crippen LogP contribution in [0.1, 0.15) is 30.1 Å². The summed E-state index contributed by atoms with van der Waals surface area (Å²) in [6, 6.07) is 2.12. The first kappa shape index (κ1) is 15.6. The van der Waals surface area contributed by atoms with E-state index in [2.05, 4.69) is 5.32 Å². The van der Waals surface area contributed by atoms with Crippen molar-refractivity contribution in [3.63, 3.8) is 0 Å². The van der Waals surface area contributed by atoms with Crippen LogP contribution < -0.4 is 11.1 Å². The van der Waals surface area contributed by atoms with Crippen LogP contribution in [0, 0.1) is 5.82 Å². The number of benzene rings is 1. The van der Waals surface area contributed by atoms with Crippen LogP contribution in [0.4, 0.5) is 10.1 Å². The molecule has 1 atom stereocenters. The van der Waals surface area contributed by atoms with Gasteiger partial charge < -0.3 is 16.0 Å². The molecule has 0 bridgehead atoms. The van der Waals surface area contributed by atoms with Crippen LogP contribution in [-0.2, 0) is 4.79 Å². The number of hydrogen-bond acceptors (Lipinski definition) is 3. The number of anilines is 1. The first-order chi connectivity index (χ1) is 9.88. The minimum Gasteiger partial charge on any atom is -0.396 e. The second-order valence-corrected chi connectivity index (χ2v) is 5.60. The number of nitrogens with one attached hydrogen (secondary N) is 1. The van der Waals surface area contributed by atoms with E-state index in [4.69, 9.17) is 17.3 Å². The largest absolute Gasteiger partial charge is 0.396 e. The lowest BCUT2D eigenvalue weighted by Gasteiger charge is -2.22. The Morgan fingerprint density at radius 3 is 2.90 bits per heavy atom. The third-order valence-electron chi connectivity index (χ3n) is 3.38. The molecule has 1 unspecified atom stereocenters. The topological polar surface area (TPSA) is 75.4 Å². The summed E-state index contributed by atoms with van der Waals surface area (Å²) in [5.74, 6) is -1.15. The number of carbonyl (C=O) groups excluding carboxylic acids is 2. The molecule has 7 heteroatoms. The smallest absolute Gasteiger partial charge is 0.253 e. The first-order valence-electron chi connectivity index (χ1n) is 6.71. The van der Waals surface area contributed by atoms with Gasteiger partial charge in [0.15, 0.2) is 0 Å². The molecule has 1 fully saturated rings. The maximum absolute atomic E-state index is 13.5. The van der Waals surface area contributed by atoms with Crippen LogP contribution in [-0.4, -0.2) is 35.8 Å². The number of amides is 2. The summed E-state index contributed by atoms with van der Waals surface area (Å²) < 4.78 is 13.5. The molecule has 3 N–H and O–H groups in total. The highest BCUT2D eigenvalue weighted by atomic mass is 35.5. The number of likely N-dealkylation sites (tertiary alicyclic amines) is 1. The Kier molecular flexibility index (Phi) is 4.67. The number of rotatable bonds is 4. The van der Waals surface area contributed by atoms with Crippen LogP contribution >= 0.6 is 11.6 Å². The second-order valence-electron chi connectivity index (χ2n) is 5.17. The fourth-order valence-electron chi connectivity index (χ4n) is 2.35. The quantitative estimate of drug-likeness (QED) is 0.832. The van der Waals surface area contributed by atoms with Gasteiger partial charge in [0, 0.05) is 30.6 Å². The lowest BCUT2D eigenvalue weighted by molar-refractivity contribution is -0.127. The van der Waals surface area contributed by atoms with Crippen molar-refractivity contribution in [3.05, 3.63) is 28.5 Å². The standard InChI is InChI=1S/C14H17ClFN3O2/c1-8(7-19-4-2-3-12(19)20)18-14(21)10-5-9(15)6-11(16)13(10)17/h5-6,8H,2-4,7,17H2,1H3,(H,18,21). The molecule has 0 aromatic heterocycles. The maximum atomic E-state index is 13.5. The Morgan fingerprint density at radius 1 is 1.57 bits per heavy atom. The minimum absolute atomic E-state index is 0.000372. The normalized spacial score (nSPS) is 16.1. The van der Waals surface area contributed by atoms with Crippen molar-refractivity contribution in [2.75, 3.05) is 18.8 Å². The number of nitrogen functional groups attached to an aromatic ring is 1. The van der Waals surface area contributed by atoms with E-state index in [1.54, 1.807) is 11.8 Å². The predicted molar refractivity (Wildman–Crippen MR) is 78.6 cm³/mol. The number of carbonyl (C=O) groups is 2. The van der Waals surface area contributed by atoms with E-state index in [1.165, 1.54) is 6.07 Å². The fourth-order valence-corrected chi connectivity index (χ4v) is 2.55. The Labute approximate surface area is 127 Å². The minimum atomic E-state index is -0.727. The average Bonchev–Trinajstić information content (AvgIpc) is 2.79. The molecular weight excluding hydrogens is 297 g/mol. The molecule has 1 saturated heterocycles. The first-order valence-corrected chi connectivity index (χ1v) is 7.09. The van der Waals surface area contributed by atoms with Crippen LogP contribution in [0.15, 0.2) is 12.1 Å². The van der Waals surface area contributed by atoms with Gasteiger partial charge in [-0.05, 0) is 25.5 Å². The zero-order valence-electron chi connectivity index (χ0n) is 11.7. The van der Waals surface area contributed by atoms with Crippen LogP contribution in [0.25, 0.3) is 0 Å². The third kappa shape index (κ3) is 3.64. The SMILES string of the molecule is CC(CN1CCCC1=O)NC(=O)c1cc(Cl)cc(F)c1N. The lowest BCUT2D eigenvalue weighted by atomic mass is 10.1. The zero-order valence-corrected chi connectivity index (χ0v) is 12.4. The van der Waals surface area contributed by atoms with Gasteiger partial charge in [0.2, 0.25) is 5.91 Å². The molecule has 1 aromatic carbocycles. The summed E-state index contributed by atoms with van der Waals surface area (Å²) in [6.07, 6.45) is 1.39. The summed E-state index contributed by atoms with van der Waals surface area (Å²) in [7, 11) is 0. The molecule has 0 radical (unpaired) electrons. The van der Waals surface area contributed by atoms with E-state index in [0.717, 1.165) is 12.5 Å². The molecule has 114 valence electrons. The molecule has 21 heavy (non-hydrogen) atoms. The molecule has 0 aliphatic carbocycles. The molecule has 1 aliphatic rings. The predicted octanol–water partition coefficient (Wildman–Crippen LogP) is 1.80. The van der Waals surface area contributed by atoms with Gasteiger partial charge in [0.1, 0.15) is 5.82 Å². The van der Waals surface area contributed by atoms with Gasteiger partial charge in [-0.3, -0.25) is 9.59 Å². The summed E-state index contributed by atoms with van der Waals surface area (Å²) >= 11 is 5.73. The van der Waals surface area contributed by atoms with Crippen LogP contribution in [0.5, 0.6) is 0 Å². The molecule has 5 nitrogen and oxygen atoms in total. The van der Waals surface area contributed by atoms with E-state index >= 15 is 0 Å². The van der Waals surface area contributed by atoms with Gasteiger partial charge in [-0.15, -0.1) is 0 Å². The lowest BCUT2D eigenvalue weighted by Crippen LogP contribution is -2.42. The van der Waals surface area contributed by atoms with Crippen molar-refractivity contribution in [2.45, 2.75) is 25.8 Å². The fraction of sp³-hybridized carbons (Fsp3) is 0.429. The van der Waals surface area contributed by atoms with Gasteiger partial charge in [-0.1, -0.05) is 11.6 Å². The summed E-state index contributed by atoms with van der Waals surface area (Å²) in [4.78, 5) is 25.4. The second kappa shape index (κ2) is 6.30. The van der Waals surface area contributed by atoms with E-state index in [9.17, 15) is 14.0 Å². The Morgan fingerprint density at radius 2 is 2.29 bits per heavy atom. The number of halogens is 2.